The molecule has 2 N–H and O–H groups in total. The van der Waals surface area contributed by atoms with Crippen LogP contribution in [-0.4, -0.2) is 36.6 Å². The second-order valence-electron chi connectivity index (χ2n) is 4.78. The van der Waals surface area contributed by atoms with Crippen LogP contribution < -0.4 is 10.6 Å². The van der Waals surface area contributed by atoms with Gasteiger partial charge in [0.1, 0.15) is 0 Å². The van der Waals surface area contributed by atoms with Crippen molar-refractivity contribution in [1.29, 1.82) is 0 Å². The summed E-state index contributed by atoms with van der Waals surface area (Å²) in [5.74, 6) is 0.453. The van der Waals surface area contributed by atoms with Crippen molar-refractivity contribution in [2.45, 2.75) is 37.8 Å². The standard InChI is InChI=1S/C9H16N2O2S2/c1-9(4-5-15(12,13)6-9)11-8(14)10-7-2-3-7/h7H,2-6H2,1H3,(H2,10,11,14)/t9-/m1/s1. The van der Waals surface area contributed by atoms with Gasteiger partial charge in [-0.15, -0.1) is 0 Å². The minimum Gasteiger partial charge on any atom is -0.360 e. The predicted octanol–water partition coefficient (Wildman–Crippen LogP) is 0.190. The molecule has 1 saturated heterocycles. The Morgan fingerprint density at radius 2 is 2.13 bits per heavy atom. The molecule has 0 amide bonds. The SMILES string of the molecule is C[C@@]1(NC(=S)NC2CC2)CCS(=O)(=O)C1. The van der Waals surface area contributed by atoms with E-state index in [0.29, 0.717) is 17.6 Å². The van der Waals surface area contributed by atoms with E-state index in [0.717, 1.165) is 12.8 Å². The van der Waals surface area contributed by atoms with Gasteiger partial charge in [0.05, 0.1) is 17.0 Å². The summed E-state index contributed by atoms with van der Waals surface area (Å²) in [5, 5.41) is 6.88. The van der Waals surface area contributed by atoms with E-state index in [9.17, 15) is 8.42 Å². The number of hydrogen-bond donors (Lipinski definition) is 2. The Hall–Kier alpha value is -0.360. The van der Waals surface area contributed by atoms with E-state index in [4.69, 9.17) is 12.2 Å². The lowest BCUT2D eigenvalue weighted by Crippen LogP contribution is -2.51. The van der Waals surface area contributed by atoms with Crippen molar-refractivity contribution in [2.75, 3.05) is 11.5 Å². The normalized spacial score (nSPS) is 33.7. The van der Waals surface area contributed by atoms with Crippen LogP contribution in [0.3, 0.4) is 0 Å². The first kappa shape index (κ1) is 11.1. The van der Waals surface area contributed by atoms with Gasteiger partial charge in [-0.2, -0.15) is 0 Å². The van der Waals surface area contributed by atoms with Crippen molar-refractivity contribution in [2.24, 2.45) is 0 Å². The van der Waals surface area contributed by atoms with Crippen molar-refractivity contribution >= 4 is 27.2 Å². The molecule has 2 rings (SSSR count). The van der Waals surface area contributed by atoms with Crippen LogP contribution in [0.25, 0.3) is 0 Å². The molecule has 2 fully saturated rings. The molecule has 1 saturated carbocycles. The molecule has 15 heavy (non-hydrogen) atoms. The highest BCUT2D eigenvalue weighted by Gasteiger charge is 2.39. The molecule has 1 heterocycles. The topological polar surface area (TPSA) is 58.2 Å². The van der Waals surface area contributed by atoms with Crippen molar-refractivity contribution in [1.82, 2.24) is 10.6 Å². The third-order valence-corrected chi connectivity index (χ3v) is 4.95. The van der Waals surface area contributed by atoms with Crippen LogP contribution in [0, 0.1) is 0 Å². The summed E-state index contributed by atoms with van der Waals surface area (Å²) in [4.78, 5) is 0. The molecule has 0 aromatic heterocycles. The third kappa shape index (κ3) is 3.04. The molecule has 86 valence electrons. The molecule has 0 spiro atoms. The molecule has 1 aliphatic carbocycles. The molecule has 4 nitrogen and oxygen atoms in total. The lowest BCUT2D eigenvalue weighted by molar-refractivity contribution is 0.468. The molecule has 6 heteroatoms. The van der Waals surface area contributed by atoms with E-state index in [-0.39, 0.29) is 17.0 Å². The Morgan fingerprint density at radius 1 is 1.47 bits per heavy atom. The van der Waals surface area contributed by atoms with Gasteiger partial charge in [0.15, 0.2) is 14.9 Å². The van der Waals surface area contributed by atoms with Crippen LogP contribution in [-0.2, 0) is 9.84 Å². The number of thiocarbonyl (C=S) groups is 1. The van der Waals surface area contributed by atoms with E-state index in [1.54, 1.807) is 0 Å². The maximum atomic E-state index is 11.4. The highest BCUT2D eigenvalue weighted by molar-refractivity contribution is 7.91. The minimum atomic E-state index is -2.86. The molecule has 0 unspecified atom stereocenters. The van der Waals surface area contributed by atoms with E-state index >= 15 is 0 Å². The Kier molecular flexibility index (Phi) is 2.66. The van der Waals surface area contributed by atoms with Crippen LogP contribution >= 0.6 is 12.2 Å². The average Bonchev–Trinajstić information content (AvgIpc) is 2.79. The Labute approximate surface area is 95.7 Å². The van der Waals surface area contributed by atoms with E-state index in [2.05, 4.69) is 10.6 Å². The summed E-state index contributed by atoms with van der Waals surface area (Å²) in [7, 11) is -2.86. The summed E-state index contributed by atoms with van der Waals surface area (Å²) in [5.41, 5.74) is -0.377. The Morgan fingerprint density at radius 3 is 2.60 bits per heavy atom. The van der Waals surface area contributed by atoms with Crippen LogP contribution in [0.2, 0.25) is 0 Å². The fourth-order valence-corrected chi connectivity index (χ4v) is 4.34. The molecule has 1 atom stereocenters. The summed E-state index contributed by atoms with van der Waals surface area (Å²) in [6.07, 6.45) is 2.97. The van der Waals surface area contributed by atoms with Gasteiger partial charge < -0.3 is 10.6 Å². The average molecular weight is 248 g/mol. The van der Waals surface area contributed by atoms with E-state index in [1.165, 1.54) is 0 Å². The van der Waals surface area contributed by atoms with Crippen molar-refractivity contribution in [3.8, 4) is 0 Å². The second-order valence-corrected chi connectivity index (χ2v) is 7.37. The van der Waals surface area contributed by atoms with Gasteiger partial charge in [-0.05, 0) is 38.4 Å². The van der Waals surface area contributed by atoms with Gasteiger partial charge in [-0.3, -0.25) is 0 Å². The molecular formula is C9H16N2O2S2. The molecule has 2 aliphatic rings. The van der Waals surface area contributed by atoms with Crippen LogP contribution in [0.5, 0.6) is 0 Å². The lowest BCUT2D eigenvalue weighted by atomic mass is 10.0. The zero-order valence-electron chi connectivity index (χ0n) is 8.75. The minimum absolute atomic E-state index is 0.187. The van der Waals surface area contributed by atoms with E-state index < -0.39 is 9.84 Å². The largest absolute Gasteiger partial charge is 0.360 e. The van der Waals surface area contributed by atoms with Gasteiger partial charge in [-0.1, -0.05) is 0 Å². The quantitative estimate of drug-likeness (QED) is 0.683. The molecular weight excluding hydrogens is 232 g/mol. The highest BCUT2D eigenvalue weighted by Crippen LogP contribution is 2.23. The van der Waals surface area contributed by atoms with E-state index in [1.807, 2.05) is 6.92 Å². The summed E-state index contributed by atoms with van der Waals surface area (Å²) >= 11 is 5.14. The molecule has 0 bridgehead atoms. The van der Waals surface area contributed by atoms with Gasteiger partial charge in [0, 0.05) is 6.04 Å². The van der Waals surface area contributed by atoms with Crippen LogP contribution in [0.4, 0.5) is 0 Å². The van der Waals surface area contributed by atoms with Crippen LogP contribution in [0.1, 0.15) is 26.2 Å². The van der Waals surface area contributed by atoms with Crippen molar-refractivity contribution < 1.29 is 8.42 Å². The van der Waals surface area contributed by atoms with Gasteiger partial charge in [0.25, 0.3) is 0 Å². The first-order chi connectivity index (χ1) is 6.89. The summed E-state index contributed by atoms with van der Waals surface area (Å²) < 4.78 is 22.7. The molecule has 0 aromatic rings. The zero-order chi connectivity index (χ0) is 11.1. The van der Waals surface area contributed by atoms with Gasteiger partial charge in [0.2, 0.25) is 0 Å². The Bertz CT molecular complexity index is 376. The van der Waals surface area contributed by atoms with Crippen molar-refractivity contribution in [3.63, 3.8) is 0 Å². The molecule has 0 radical (unpaired) electrons. The third-order valence-electron chi connectivity index (χ3n) is 2.83. The fraction of sp³-hybridized carbons (Fsp3) is 0.889. The number of nitrogens with one attached hydrogen (secondary N) is 2. The maximum Gasteiger partial charge on any atom is 0.166 e. The smallest absolute Gasteiger partial charge is 0.166 e. The maximum absolute atomic E-state index is 11.4. The first-order valence-electron chi connectivity index (χ1n) is 5.18. The first-order valence-corrected chi connectivity index (χ1v) is 7.41. The van der Waals surface area contributed by atoms with Gasteiger partial charge >= 0.3 is 0 Å². The van der Waals surface area contributed by atoms with Gasteiger partial charge in [-0.25, -0.2) is 8.42 Å². The lowest BCUT2D eigenvalue weighted by Gasteiger charge is -2.25. The van der Waals surface area contributed by atoms with Crippen LogP contribution in [0.15, 0.2) is 0 Å². The monoisotopic (exact) mass is 248 g/mol. The molecule has 1 aliphatic heterocycles. The number of rotatable bonds is 2. The highest BCUT2D eigenvalue weighted by atomic mass is 32.2. The summed E-state index contributed by atoms with van der Waals surface area (Å²) in [6, 6.07) is 0.506. The Balaban J connectivity index is 1.90. The number of hydrogen-bond acceptors (Lipinski definition) is 3. The predicted molar refractivity (Wildman–Crippen MR) is 63.6 cm³/mol. The second kappa shape index (κ2) is 3.59. The zero-order valence-corrected chi connectivity index (χ0v) is 10.4. The number of sulfone groups is 1. The molecule has 0 aromatic carbocycles. The fourth-order valence-electron chi connectivity index (χ4n) is 1.83. The van der Waals surface area contributed by atoms with Crippen molar-refractivity contribution in [3.05, 3.63) is 0 Å². The summed E-state index contributed by atoms with van der Waals surface area (Å²) in [6.45, 7) is 1.92.